The Hall–Kier alpha value is -2.14. The molecule has 40 heavy (non-hydrogen) atoms. The van der Waals surface area contributed by atoms with Gasteiger partial charge in [0.1, 0.15) is 17.4 Å². The molecule has 4 unspecified atom stereocenters. The number of nitrogens with zero attached hydrogens (tertiary/aromatic N) is 6. The second kappa shape index (κ2) is 11.6. The van der Waals surface area contributed by atoms with Crippen LogP contribution in [0.5, 0.6) is 0 Å². The van der Waals surface area contributed by atoms with Crippen molar-refractivity contribution in [2.75, 3.05) is 24.5 Å². The van der Waals surface area contributed by atoms with E-state index in [1.807, 2.05) is 30.7 Å². The summed E-state index contributed by atoms with van der Waals surface area (Å²) in [7, 11) is 0. The third kappa shape index (κ3) is 5.91. The lowest BCUT2D eigenvalue weighted by Crippen LogP contribution is -2.52. The minimum atomic E-state index is -4.56. The van der Waals surface area contributed by atoms with Gasteiger partial charge in [-0.1, -0.05) is 36.2 Å². The van der Waals surface area contributed by atoms with Gasteiger partial charge in [0.2, 0.25) is 0 Å². The molecular formula is C28H35Cl2F3N6O. The van der Waals surface area contributed by atoms with Gasteiger partial charge in [0.15, 0.2) is 5.65 Å². The molecule has 4 heterocycles. The van der Waals surface area contributed by atoms with Gasteiger partial charge in [-0.3, -0.25) is 4.90 Å². The van der Waals surface area contributed by atoms with E-state index in [-0.39, 0.29) is 30.5 Å². The van der Waals surface area contributed by atoms with Crippen LogP contribution in [-0.2, 0) is 0 Å². The highest BCUT2D eigenvalue weighted by atomic mass is 35.5. The van der Waals surface area contributed by atoms with Crippen LogP contribution in [0.15, 0.2) is 24.4 Å². The Morgan fingerprint density at radius 1 is 1.18 bits per heavy atom. The summed E-state index contributed by atoms with van der Waals surface area (Å²) in [5, 5.41) is 15.4. The van der Waals surface area contributed by atoms with Crippen molar-refractivity contribution in [3.63, 3.8) is 0 Å². The van der Waals surface area contributed by atoms with Gasteiger partial charge in [0, 0.05) is 35.2 Å². The van der Waals surface area contributed by atoms with Crippen molar-refractivity contribution in [3.8, 4) is 0 Å². The van der Waals surface area contributed by atoms with Gasteiger partial charge < -0.3 is 10.0 Å². The molecule has 1 N–H and O–H groups in total. The molecule has 0 amide bonds. The normalized spacial score (nSPS) is 24.1. The lowest BCUT2D eigenvalue weighted by atomic mass is 9.91. The maximum Gasteiger partial charge on any atom is 0.414 e. The summed E-state index contributed by atoms with van der Waals surface area (Å²) < 4.78 is 40.4. The monoisotopic (exact) mass is 598 g/mol. The maximum atomic E-state index is 12.8. The number of hydrogen-bond acceptors (Lipinski definition) is 6. The van der Waals surface area contributed by atoms with Crippen molar-refractivity contribution in [2.45, 2.75) is 83.3 Å². The summed E-state index contributed by atoms with van der Waals surface area (Å²) in [6.45, 7) is 8.55. The number of aliphatic hydroxyl groups is 1. The summed E-state index contributed by atoms with van der Waals surface area (Å²) in [5.41, 5.74) is 3.10. The molecule has 2 aliphatic heterocycles. The Kier molecular flexibility index (Phi) is 8.53. The molecule has 2 aliphatic rings. The number of rotatable bonds is 7. The molecule has 1 aromatic carbocycles. The number of piperidine rings is 1. The number of alkyl halides is 3. The van der Waals surface area contributed by atoms with E-state index >= 15 is 0 Å². The minimum Gasteiger partial charge on any atom is -0.384 e. The van der Waals surface area contributed by atoms with Crippen molar-refractivity contribution in [1.29, 1.82) is 0 Å². The Bertz CT molecular complexity index is 1350. The number of aliphatic hydroxyl groups excluding tert-OH is 1. The summed E-state index contributed by atoms with van der Waals surface area (Å²) >= 11 is 12.6. The van der Waals surface area contributed by atoms with Gasteiger partial charge in [-0.15, -0.1) is 0 Å². The predicted molar refractivity (Wildman–Crippen MR) is 151 cm³/mol. The molecule has 0 aliphatic carbocycles. The molecule has 2 fully saturated rings. The molecule has 0 spiro atoms. The maximum absolute atomic E-state index is 12.8. The fourth-order valence-electron chi connectivity index (χ4n) is 6.39. The van der Waals surface area contributed by atoms with Crippen LogP contribution in [0.25, 0.3) is 11.2 Å². The number of aromatic nitrogens is 4. The first-order valence-corrected chi connectivity index (χ1v) is 14.6. The third-order valence-electron chi connectivity index (χ3n) is 8.52. The van der Waals surface area contributed by atoms with Crippen LogP contribution >= 0.6 is 23.2 Å². The van der Waals surface area contributed by atoms with Crippen molar-refractivity contribution in [2.24, 2.45) is 5.92 Å². The fraction of sp³-hybridized carbons (Fsp3) is 0.607. The van der Waals surface area contributed by atoms with Gasteiger partial charge in [-0.25, -0.2) is 14.6 Å². The van der Waals surface area contributed by atoms with E-state index in [0.717, 1.165) is 61.5 Å². The lowest BCUT2D eigenvalue weighted by Gasteiger charge is -2.44. The van der Waals surface area contributed by atoms with Gasteiger partial charge in [-0.05, 0) is 76.1 Å². The molecule has 218 valence electrons. The largest absolute Gasteiger partial charge is 0.414 e. The Morgan fingerprint density at radius 2 is 1.95 bits per heavy atom. The van der Waals surface area contributed by atoms with E-state index in [0.29, 0.717) is 22.1 Å². The second-order valence-corrected chi connectivity index (χ2v) is 12.1. The van der Waals surface area contributed by atoms with E-state index in [4.69, 9.17) is 38.3 Å². The Morgan fingerprint density at radius 3 is 2.65 bits per heavy atom. The van der Waals surface area contributed by atoms with Crippen LogP contribution in [0.4, 0.5) is 19.0 Å². The number of aryl methyl sites for hydroxylation is 1. The number of halogens is 5. The highest BCUT2D eigenvalue weighted by Gasteiger charge is 2.41. The van der Waals surface area contributed by atoms with Crippen molar-refractivity contribution < 1.29 is 18.3 Å². The quantitative estimate of drug-likeness (QED) is 0.338. The van der Waals surface area contributed by atoms with E-state index in [9.17, 15) is 18.3 Å². The molecule has 5 rings (SSSR count). The number of benzene rings is 1. The summed E-state index contributed by atoms with van der Waals surface area (Å²) in [5.74, 6) is 1.07. The van der Waals surface area contributed by atoms with Crippen molar-refractivity contribution in [3.05, 3.63) is 45.7 Å². The molecular weight excluding hydrogens is 564 g/mol. The molecule has 2 aromatic heterocycles. The molecule has 0 radical (unpaired) electrons. The number of anilines is 1. The molecule has 7 nitrogen and oxygen atoms in total. The van der Waals surface area contributed by atoms with Gasteiger partial charge in [-0.2, -0.15) is 18.3 Å². The molecule has 2 saturated heterocycles. The van der Waals surface area contributed by atoms with Crippen LogP contribution in [0, 0.1) is 12.8 Å². The smallest absolute Gasteiger partial charge is 0.384 e. The van der Waals surface area contributed by atoms with Crippen LogP contribution < -0.4 is 4.90 Å². The zero-order valence-electron chi connectivity index (χ0n) is 22.9. The second-order valence-electron chi connectivity index (χ2n) is 11.2. The van der Waals surface area contributed by atoms with Crippen LogP contribution in [0.3, 0.4) is 0 Å². The number of likely N-dealkylation sites (tertiary alicyclic amines) is 1. The summed E-state index contributed by atoms with van der Waals surface area (Å²) in [6.07, 6.45) is -2.18. The molecule has 0 bridgehead atoms. The topological polar surface area (TPSA) is 70.3 Å². The lowest BCUT2D eigenvalue weighted by molar-refractivity contribution is -0.206. The van der Waals surface area contributed by atoms with Crippen LogP contribution in [0.1, 0.15) is 63.3 Å². The molecule has 0 saturated carbocycles. The molecule has 3 aromatic rings. The van der Waals surface area contributed by atoms with Gasteiger partial charge in [0.05, 0.1) is 17.9 Å². The van der Waals surface area contributed by atoms with Crippen LogP contribution in [-0.4, -0.2) is 73.8 Å². The first kappa shape index (κ1) is 29.4. The SMILES string of the molecule is Cc1nn(C(C)c2ccc(Cl)cc2Cl)c2nc(N3CCC(N4CCC[C@H]4CCC(O)C(F)(F)F)C(C)C3)cnc12. The number of hydrogen-bond donors (Lipinski definition) is 1. The third-order valence-corrected chi connectivity index (χ3v) is 9.08. The first-order chi connectivity index (χ1) is 18.9. The Labute approximate surface area is 242 Å². The predicted octanol–water partition coefficient (Wildman–Crippen LogP) is 6.43. The van der Waals surface area contributed by atoms with Gasteiger partial charge in [0.25, 0.3) is 0 Å². The van der Waals surface area contributed by atoms with E-state index in [1.54, 1.807) is 12.3 Å². The standard InChI is InChI=1S/C28H35Cl2F3N6O/c1-16-15-37(12-10-23(16)38-11-4-5-20(38)7-9-24(40)28(31,32)33)25-14-34-26-17(2)36-39(27(26)35-25)18(3)21-8-6-19(29)13-22(21)30/h6,8,13-14,16,18,20,23-24,40H,4-5,7,9-12,15H2,1-3H3/t16?,18?,20-,23?,24?/m0/s1. The number of fused-ring (bicyclic) bond motifs is 1. The zero-order chi connectivity index (χ0) is 28.8. The van der Waals surface area contributed by atoms with E-state index in [1.165, 1.54) is 0 Å². The van der Waals surface area contributed by atoms with Crippen molar-refractivity contribution >= 4 is 40.2 Å². The summed E-state index contributed by atoms with van der Waals surface area (Å²) in [4.78, 5) is 14.3. The highest BCUT2D eigenvalue weighted by Crippen LogP contribution is 2.35. The molecule has 5 atom stereocenters. The average molecular weight is 600 g/mol. The zero-order valence-corrected chi connectivity index (χ0v) is 24.4. The summed E-state index contributed by atoms with van der Waals surface area (Å²) in [6, 6.07) is 5.60. The average Bonchev–Trinajstić information content (AvgIpc) is 3.50. The van der Waals surface area contributed by atoms with Crippen LogP contribution in [0.2, 0.25) is 10.0 Å². The van der Waals surface area contributed by atoms with Gasteiger partial charge >= 0.3 is 6.18 Å². The Balaban J connectivity index is 1.31. The minimum absolute atomic E-state index is 0.0747. The highest BCUT2D eigenvalue weighted by molar-refractivity contribution is 6.35. The van der Waals surface area contributed by atoms with E-state index in [2.05, 4.69) is 16.7 Å². The van der Waals surface area contributed by atoms with Crippen molar-refractivity contribution in [1.82, 2.24) is 24.6 Å². The first-order valence-electron chi connectivity index (χ1n) is 13.9. The van der Waals surface area contributed by atoms with E-state index < -0.39 is 12.3 Å². The molecule has 12 heteroatoms. The fourth-order valence-corrected chi connectivity index (χ4v) is 6.96.